The zero-order valence-corrected chi connectivity index (χ0v) is 23.3. The number of rotatable bonds is 7. The minimum absolute atomic E-state index is 0.0148. The third kappa shape index (κ3) is 5.69. The number of ether oxygens (including phenoxy) is 1. The first-order chi connectivity index (χ1) is 19.3. The van der Waals surface area contributed by atoms with Crippen LogP contribution in [0.1, 0.15) is 45.3 Å². The second-order valence-electron chi connectivity index (χ2n) is 9.84. The Morgan fingerprint density at radius 1 is 1.17 bits per heavy atom. The highest BCUT2D eigenvalue weighted by Crippen LogP contribution is 2.46. The number of carboxylic acids is 1. The number of carbonyl (C=O) groups is 2. The van der Waals surface area contributed by atoms with Crippen molar-refractivity contribution >= 4 is 35.0 Å². The van der Waals surface area contributed by atoms with Crippen LogP contribution in [0.15, 0.2) is 48.9 Å². The van der Waals surface area contributed by atoms with Crippen molar-refractivity contribution in [1.29, 1.82) is 0 Å². The Balaban J connectivity index is 1.66. The molecule has 2 atom stereocenters. The number of hydrogen-bond acceptors (Lipinski definition) is 5. The van der Waals surface area contributed by atoms with Crippen molar-refractivity contribution in [2.75, 3.05) is 6.61 Å². The van der Waals surface area contributed by atoms with Gasteiger partial charge in [-0.2, -0.15) is 18.3 Å². The highest BCUT2D eigenvalue weighted by atomic mass is 35.5. The molecule has 214 valence electrons. The Morgan fingerprint density at radius 3 is 2.54 bits per heavy atom. The summed E-state index contributed by atoms with van der Waals surface area (Å²) in [4.78, 5) is 30.1. The van der Waals surface area contributed by atoms with Gasteiger partial charge in [0.25, 0.3) is 0 Å². The third-order valence-electron chi connectivity index (χ3n) is 7.07. The molecule has 0 saturated heterocycles. The van der Waals surface area contributed by atoms with Crippen LogP contribution in [0, 0.1) is 12.8 Å². The fraction of sp³-hybridized carbons (Fsp3) is 0.286. The quantitative estimate of drug-likeness (QED) is 0.261. The molecule has 0 radical (unpaired) electrons. The van der Waals surface area contributed by atoms with Gasteiger partial charge >= 0.3 is 12.1 Å². The van der Waals surface area contributed by atoms with Crippen molar-refractivity contribution in [2.24, 2.45) is 13.0 Å². The highest BCUT2D eigenvalue weighted by Gasteiger charge is 2.41. The molecule has 0 bridgehead atoms. The van der Waals surface area contributed by atoms with Crippen LogP contribution in [0.2, 0.25) is 10.0 Å². The molecule has 3 heterocycles. The van der Waals surface area contributed by atoms with Crippen LogP contribution in [0.5, 0.6) is 5.75 Å². The molecule has 1 aliphatic rings. The van der Waals surface area contributed by atoms with Gasteiger partial charge in [0.15, 0.2) is 11.5 Å². The molecule has 8 nitrogen and oxygen atoms in total. The van der Waals surface area contributed by atoms with Gasteiger partial charge in [-0.05, 0) is 42.3 Å². The molecule has 2 aromatic heterocycles. The molecule has 1 N–H and O–H groups in total. The number of halogens is 5. The van der Waals surface area contributed by atoms with E-state index in [1.165, 1.54) is 25.4 Å². The Labute approximate surface area is 242 Å². The molecule has 0 fully saturated rings. The molecule has 5 rings (SSSR count). The number of imidazole rings is 1. The van der Waals surface area contributed by atoms with Crippen LogP contribution in [0.3, 0.4) is 0 Å². The molecule has 41 heavy (non-hydrogen) atoms. The molecule has 4 aromatic rings. The smallest absolute Gasteiger partial charge is 0.435 e. The highest BCUT2D eigenvalue weighted by molar-refractivity contribution is 6.42. The zero-order chi connectivity index (χ0) is 29.6. The average molecular weight is 607 g/mol. The summed E-state index contributed by atoms with van der Waals surface area (Å²) in [7, 11) is 1.37. The monoisotopic (exact) mass is 606 g/mol. The number of fused-ring (bicyclic) bond motifs is 1. The predicted octanol–water partition coefficient (Wildman–Crippen LogP) is 6.42. The maximum atomic E-state index is 14.1. The zero-order valence-electron chi connectivity index (χ0n) is 21.7. The summed E-state index contributed by atoms with van der Waals surface area (Å²) >= 11 is 12.2. The minimum Gasteiger partial charge on any atom is -0.491 e. The van der Waals surface area contributed by atoms with E-state index in [1.807, 2.05) is 0 Å². The summed E-state index contributed by atoms with van der Waals surface area (Å²) in [6.45, 7) is 1.75. The molecular formula is C28H23Cl2F3N4O4. The molecule has 0 aliphatic carbocycles. The van der Waals surface area contributed by atoms with Gasteiger partial charge in [-0.25, -0.2) is 4.98 Å². The van der Waals surface area contributed by atoms with Gasteiger partial charge in [0.05, 0.1) is 34.6 Å². The summed E-state index contributed by atoms with van der Waals surface area (Å²) in [6, 6.07) is 7.74. The number of ketones is 1. The molecule has 0 saturated carbocycles. The summed E-state index contributed by atoms with van der Waals surface area (Å²) in [6.07, 6.45) is -0.631. The number of benzene rings is 2. The van der Waals surface area contributed by atoms with Crippen LogP contribution in [0.4, 0.5) is 13.2 Å². The van der Waals surface area contributed by atoms with Crippen molar-refractivity contribution < 1.29 is 32.6 Å². The Hall–Kier alpha value is -3.83. The Bertz CT molecular complexity index is 1660. The molecule has 0 amide bonds. The molecule has 0 spiro atoms. The first kappa shape index (κ1) is 28.7. The maximum Gasteiger partial charge on any atom is 0.435 e. The van der Waals surface area contributed by atoms with Gasteiger partial charge in [0.1, 0.15) is 11.6 Å². The normalized spacial score (nSPS) is 15.9. The van der Waals surface area contributed by atoms with Crippen LogP contribution in [-0.2, 0) is 24.6 Å². The number of aliphatic carboxylic acids is 1. The molecular weight excluding hydrogens is 584 g/mol. The van der Waals surface area contributed by atoms with Gasteiger partial charge < -0.3 is 14.4 Å². The van der Waals surface area contributed by atoms with E-state index in [4.69, 9.17) is 27.9 Å². The van der Waals surface area contributed by atoms with Crippen molar-refractivity contribution in [3.63, 3.8) is 0 Å². The second kappa shape index (κ2) is 10.9. The number of alkyl halides is 3. The lowest BCUT2D eigenvalue weighted by Crippen LogP contribution is -2.34. The van der Waals surface area contributed by atoms with Crippen molar-refractivity contribution in [3.8, 4) is 16.9 Å². The van der Waals surface area contributed by atoms with E-state index in [-0.39, 0.29) is 45.6 Å². The van der Waals surface area contributed by atoms with E-state index in [1.54, 1.807) is 42.1 Å². The molecule has 2 aromatic carbocycles. The second-order valence-corrected chi connectivity index (χ2v) is 10.7. The summed E-state index contributed by atoms with van der Waals surface area (Å²) in [5, 5.41) is 13.7. The molecule has 2 unspecified atom stereocenters. The maximum absolute atomic E-state index is 14.1. The number of nitrogens with zero attached hydrogens (tertiary/aromatic N) is 4. The lowest BCUT2D eigenvalue weighted by atomic mass is 9.77. The average Bonchev–Trinajstić information content (AvgIpc) is 3.49. The molecule has 1 aliphatic heterocycles. The number of aryl methyl sites for hydroxylation is 2. The summed E-state index contributed by atoms with van der Waals surface area (Å²) in [5.74, 6) is -2.73. The van der Waals surface area contributed by atoms with Crippen molar-refractivity contribution in [3.05, 3.63) is 87.2 Å². The first-order valence-corrected chi connectivity index (χ1v) is 13.2. The number of Topliss-reactive ketones (excluding diaryl/α,β-unsaturated/α-hetero) is 1. The predicted molar refractivity (Wildman–Crippen MR) is 144 cm³/mol. The van der Waals surface area contributed by atoms with Crippen LogP contribution in [-0.4, -0.2) is 42.8 Å². The number of carbonyl (C=O) groups excluding carboxylic acids is 1. The van der Waals surface area contributed by atoms with E-state index >= 15 is 0 Å². The Kier molecular flexibility index (Phi) is 7.60. The summed E-state index contributed by atoms with van der Waals surface area (Å²) in [5.41, 5.74) is -0.233. The fourth-order valence-electron chi connectivity index (χ4n) is 5.15. The van der Waals surface area contributed by atoms with E-state index in [9.17, 15) is 27.9 Å². The first-order valence-electron chi connectivity index (χ1n) is 12.4. The fourth-order valence-corrected chi connectivity index (χ4v) is 5.46. The van der Waals surface area contributed by atoms with Gasteiger partial charge in [0, 0.05) is 49.2 Å². The third-order valence-corrected chi connectivity index (χ3v) is 7.81. The Morgan fingerprint density at radius 2 is 1.90 bits per heavy atom. The molecule has 13 heteroatoms. The van der Waals surface area contributed by atoms with E-state index in [0.717, 1.165) is 4.68 Å². The number of aromatic nitrogens is 4. The van der Waals surface area contributed by atoms with Gasteiger partial charge in [0.2, 0.25) is 0 Å². The van der Waals surface area contributed by atoms with Gasteiger partial charge in [-0.1, -0.05) is 29.3 Å². The standard InChI is InChI=1S/C28H23Cl2F3N4O4/c1-14-34-5-6-37(14)11-15-7-18(20-12-36(2)35-27(20)28(31,32)33)26-19(8-15)25(40)21(13-41-26)17(10-24(38)39)16-3-4-22(29)23(30)9-16/h3-9,12,17,21H,10-11,13H2,1-2H3,(H,38,39). The van der Waals surface area contributed by atoms with E-state index < -0.39 is 41.9 Å². The lowest BCUT2D eigenvalue weighted by Gasteiger charge is -2.32. The lowest BCUT2D eigenvalue weighted by molar-refractivity contribution is -0.141. The van der Waals surface area contributed by atoms with Crippen molar-refractivity contribution in [1.82, 2.24) is 19.3 Å². The van der Waals surface area contributed by atoms with Crippen LogP contribution in [0.25, 0.3) is 11.1 Å². The minimum atomic E-state index is -4.76. The van der Waals surface area contributed by atoms with Gasteiger partial charge in [-0.15, -0.1) is 0 Å². The summed E-state index contributed by atoms with van der Waals surface area (Å²) < 4.78 is 50.8. The van der Waals surface area contributed by atoms with Crippen molar-refractivity contribution in [2.45, 2.75) is 32.0 Å². The van der Waals surface area contributed by atoms with E-state index in [0.29, 0.717) is 17.0 Å². The number of carboxylic acid groups (broad SMARTS) is 1. The van der Waals surface area contributed by atoms with Gasteiger partial charge in [-0.3, -0.25) is 14.3 Å². The largest absolute Gasteiger partial charge is 0.491 e. The number of hydrogen-bond donors (Lipinski definition) is 1. The van der Waals surface area contributed by atoms with E-state index in [2.05, 4.69) is 10.1 Å². The van der Waals surface area contributed by atoms with Crippen LogP contribution < -0.4 is 4.74 Å². The van der Waals surface area contributed by atoms with Crippen LogP contribution >= 0.6 is 23.2 Å². The SMILES string of the molecule is Cc1nccn1Cc1cc2c(c(-c3cn(C)nc3C(F)(F)F)c1)OCC(C(CC(=O)O)c1ccc(Cl)c(Cl)c1)C2=O. The topological polar surface area (TPSA) is 99.2 Å².